The number of likely N-dealkylation sites (tertiary alicyclic amines) is 2. The molecule has 3 aliphatic heterocycles. The van der Waals surface area contributed by atoms with Crippen LogP contribution in [0.25, 0.3) is 22.0 Å². The molecule has 4 aromatic rings. The van der Waals surface area contributed by atoms with Crippen LogP contribution in [0.1, 0.15) is 101 Å². The number of methoxy groups -OCH3 is 2. The first kappa shape index (κ1) is 40.5. The van der Waals surface area contributed by atoms with E-state index in [-0.39, 0.29) is 60.0 Å². The van der Waals surface area contributed by atoms with Crippen LogP contribution in [-0.4, -0.2) is 104 Å². The summed E-state index contributed by atoms with van der Waals surface area (Å²) in [5.74, 6) is 8.42. The Bertz CT molecular complexity index is 2410. The Labute approximate surface area is 355 Å². The molecule has 15 heteroatoms. The largest absolute Gasteiger partial charge is 0.453 e. The van der Waals surface area contributed by atoms with Crippen molar-refractivity contribution in [2.24, 2.45) is 23.7 Å². The van der Waals surface area contributed by atoms with Gasteiger partial charge in [-0.15, -0.1) is 0 Å². The Morgan fingerprint density at radius 1 is 0.754 bits per heavy atom. The first-order chi connectivity index (χ1) is 29.4. The maximum Gasteiger partial charge on any atom is 0.407 e. The van der Waals surface area contributed by atoms with E-state index in [1.54, 1.807) is 6.20 Å². The monoisotopic (exact) mass is 830 g/mol. The molecule has 2 aromatic carbocycles. The average molecular weight is 831 g/mol. The molecule has 15 nitrogen and oxygen atoms in total. The summed E-state index contributed by atoms with van der Waals surface area (Å²) in [7, 11) is 2.61. The number of nitrogens with one attached hydrogen (secondary N) is 4. The lowest BCUT2D eigenvalue weighted by molar-refractivity contribution is -0.140. The van der Waals surface area contributed by atoms with Gasteiger partial charge in [0.25, 0.3) is 0 Å². The van der Waals surface area contributed by atoms with Crippen molar-refractivity contribution in [3.8, 4) is 23.1 Å². The molecule has 2 aromatic heterocycles. The number of nitrogens with zero attached hydrogens (tertiary/aromatic N) is 4. The van der Waals surface area contributed by atoms with Gasteiger partial charge in [-0.05, 0) is 111 Å². The van der Waals surface area contributed by atoms with E-state index in [9.17, 15) is 19.2 Å². The molecule has 5 fully saturated rings. The number of rotatable bonds is 9. The fourth-order valence-corrected chi connectivity index (χ4v) is 10.2. The third kappa shape index (κ3) is 8.05. The van der Waals surface area contributed by atoms with Crippen LogP contribution in [0.4, 0.5) is 9.59 Å². The minimum absolute atomic E-state index is 0.0164. The fraction of sp³-hybridized carbons (Fsp3) is 0.522. The molecule has 2 unspecified atom stereocenters. The molecule has 4 amide bonds. The topological polar surface area (TPSA) is 184 Å². The highest BCUT2D eigenvalue weighted by Crippen LogP contribution is 2.54. The van der Waals surface area contributed by atoms with Crippen molar-refractivity contribution in [2.75, 3.05) is 14.2 Å². The molecule has 3 saturated heterocycles. The van der Waals surface area contributed by atoms with Crippen molar-refractivity contribution < 1.29 is 33.4 Å². The molecule has 2 aliphatic carbocycles. The van der Waals surface area contributed by atoms with Crippen molar-refractivity contribution >= 4 is 34.8 Å². The number of H-pyrrole nitrogens is 2. The predicted molar refractivity (Wildman–Crippen MR) is 225 cm³/mol. The number of amides is 4. The van der Waals surface area contributed by atoms with Crippen LogP contribution in [0.15, 0.2) is 48.8 Å². The minimum Gasteiger partial charge on any atom is -0.453 e. The minimum atomic E-state index is -0.717. The van der Waals surface area contributed by atoms with E-state index in [0.717, 1.165) is 59.1 Å². The number of benzene rings is 2. The lowest BCUT2D eigenvalue weighted by Gasteiger charge is -2.38. The zero-order valence-electron chi connectivity index (χ0n) is 35.4. The number of carbonyl (C=O) groups is 4. The highest BCUT2D eigenvalue weighted by atomic mass is 16.5. The Morgan fingerprint density at radius 2 is 1.36 bits per heavy atom. The van der Waals surface area contributed by atoms with Crippen molar-refractivity contribution in [3.63, 3.8) is 0 Å². The van der Waals surface area contributed by atoms with Crippen molar-refractivity contribution in [2.45, 2.75) is 115 Å². The number of carbonyl (C=O) groups excluding carboxylic acids is 4. The van der Waals surface area contributed by atoms with Gasteiger partial charge in [0.2, 0.25) is 11.8 Å². The third-order valence-corrected chi connectivity index (χ3v) is 13.4. The number of aromatic amines is 2. The van der Waals surface area contributed by atoms with Crippen LogP contribution in [0.3, 0.4) is 0 Å². The summed E-state index contributed by atoms with van der Waals surface area (Å²) in [6, 6.07) is 10.8. The molecule has 11 atom stereocenters. The molecular formula is C46H54N8O7. The van der Waals surface area contributed by atoms with Crippen LogP contribution in [0, 0.1) is 35.5 Å². The number of piperidine rings is 2. The SMILES string of the molecule is COC(=O)NC(C(=O)N1[C@@H]2C[C@@H]2C[C@H]1c1ncc(C#Cc2ccc3cc(-c4cnc([C@@H]5C[C@H]6C[C@H]6N5C(=O)[C@@H](NC(=O)OC)C(C)C)[nH]4)ccc3c2)[nH]1)C1C[C@@H](C)O[C@@H](C)C1. The van der Waals surface area contributed by atoms with Gasteiger partial charge in [0.05, 0.1) is 56.6 Å². The highest BCUT2D eigenvalue weighted by Gasteiger charge is 2.58. The maximum absolute atomic E-state index is 14.3. The summed E-state index contributed by atoms with van der Waals surface area (Å²) >= 11 is 0. The molecule has 0 bridgehead atoms. The molecule has 4 N–H and O–H groups in total. The van der Waals surface area contributed by atoms with Gasteiger partial charge in [0, 0.05) is 23.2 Å². The Balaban J connectivity index is 0.881. The normalized spacial score (nSPS) is 28.3. The number of aromatic nitrogens is 4. The van der Waals surface area contributed by atoms with Crippen LogP contribution in [0.2, 0.25) is 0 Å². The summed E-state index contributed by atoms with van der Waals surface area (Å²) in [5, 5.41) is 7.69. The van der Waals surface area contributed by atoms with E-state index in [1.165, 1.54) is 14.2 Å². The second-order valence-electron chi connectivity index (χ2n) is 18.0. The molecular weight excluding hydrogens is 777 g/mol. The molecule has 5 heterocycles. The number of hydrogen-bond donors (Lipinski definition) is 4. The maximum atomic E-state index is 14.3. The van der Waals surface area contributed by atoms with Crippen LogP contribution in [0.5, 0.6) is 0 Å². The van der Waals surface area contributed by atoms with Crippen LogP contribution < -0.4 is 10.6 Å². The highest BCUT2D eigenvalue weighted by molar-refractivity contribution is 5.89. The third-order valence-electron chi connectivity index (χ3n) is 13.4. The van der Waals surface area contributed by atoms with E-state index in [2.05, 4.69) is 62.8 Å². The Kier molecular flexibility index (Phi) is 10.8. The first-order valence-electron chi connectivity index (χ1n) is 21.5. The smallest absolute Gasteiger partial charge is 0.407 e. The van der Waals surface area contributed by atoms with Crippen molar-refractivity contribution in [3.05, 3.63) is 71.7 Å². The van der Waals surface area contributed by atoms with E-state index in [1.807, 2.05) is 49.8 Å². The number of ether oxygens (including phenoxy) is 3. The van der Waals surface area contributed by atoms with Crippen molar-refractivity contribution in [1.82, 2.24) is 40.4 Å². The van der Waals surface area contributed by atoms with E-state index < -0.39 is 24.3 Å². The predicted octanol–water partition coefficient (Wildman–Crippen LogP) is 5.99. The molecule has 0 radical (unpaired) electrons. The molecule has 61 heavy (non-hydrogen) atoms. The van der Waals surface area contributed by atoms with Crippen LogP contribution in [-0.2, 0) is 23.8 Å². The van der Waals surface area contributed by atoms with Crippen LogP contribution >= 0.6 is 0 Å². The second kappa shape index (κ2) is 16.2. The Morgan fingerprint density at radius 3 is 2.03 bits per heavy atom. The lowest BCUT2D eigenvalue weighted by Crippen LogP contribution is -2.55. The summed E-state index contributed by atoms with van der Waals surface area (Å²) in [6.45, 7) is 7.85. The zero-order valence-corrected chi connectivity index (χ0v) is 35.4. The molecule has 0 spiro atoms. The van der Waals surface area contributed by atoms with E-state index >= 15 is 0 Å². The van der Waals surface area contributed by atoms with Gasteiger partial charge in [-0.2, -0.15) is 0 Å². The van der Waals surface area contributed by atoms with Gasteiger partial charge in [-0.25, -0.2) is 19.6 Å². The van der Waals surface area contributed by atoms with Gasteiger partial charge >= 0.3 is 12.2 Å². The average Bonchev–Trinajstić information content (AvgIpc) is 3.84. The fourth-order valence-electron chi connectivity index (χ4n) is 10.2. The second-order valence-corrected chi connectivity index (χ2v) is 18.0. The number of imidazole rings is 2. The lowest BCUT2D eigenvalue weighted by atomic mass is 9.85. The number of alkyl carbamates (subject to hydrolysis) is 2. The zero-order chi connectivity index (χ0) is 42.7. The van der Waals surface area contributed by atoms with Gasteiger partial charge in [0.1, 0.15) is 29.4 Å². The Hall–Kier alpha value is -5.88. The van der Waals surface area contributed by atoms with Gasteiger partial charge in [-0.1, -0.05) is 38.0 Å². The summed E-state index contributed by atoms with van der Waals surface area (Å²) < 4.78 is 15.7. The van der Waals surface area contributed by atoms with Gasteiger partial charge in [0.15, 0.2) is 0 Å². The standard InChI is InChI=1S/C46H54N8O7/c1-23(2)39(51-45(57)59-5)43(55)53-35-17-31(35)20-38(53)42-48-22-34(50-42)29-11-10-27-15-26(7-9-28(27)16-29)8-12-33-21-47-41(49-33)37-19-30-18-36(30)54(37)44(56)40(52-46(58)60-6)32-13-24(3)61-25(4)14-32/h7,9-11,15-16,21-25,30-32,35-40H,13-14,17-20H2,1-6H3,(H,47,49)(H,48,50)(H,51,57)(H,52,58)/t24-,25+,30-,31-,32?,35-,36-,37+,38+,39+,40?/m1/s1. The molecule has 320 valence electrons. The van der Waals surface area contributed by atoms with Gasteiger partial charge in [-0.3, -0.25) is 9.59 Å². The van der Waals surface area contributed by atoms with E-state index in [0.29, 0.717) is 36.2 Å². The summed E-state index contributed by atoms with van der Waals surface area (Å²) in [4.78, 5) is 72.9. The molecule has 5 aliphatic rings. The van der Waals surface area contributed by atoms with E-state index in [4.69, 9.17) is 24.2 Å². The first-order valence-corrected chi connectivity index (χ1v) is 21.5. The summed E-state index contributed by atoms with van der Waals surface area (Å²) in [5.41, 5.74) is 3.34. The number of hydrogen-bond acceptors (Lipinski definition) is 9. The summed E-state index contributed by atoms with van der Waals surface area (Å²) in [6.07, 6.45) is 7.18. The molecule has 9 rings (SSSR count). The van der Waals surface area contributed by atoms with Crippen molar-refractivity contribution in [1.29, 1.82) is 0 Å². The molecule has 2 saturated carbocycles. The van der Waals surface area contributed by atoms with Gasteiger partial charge < -0.3 is 44.6 Å². The quantitative estimate of drug-likeness (QED) is 0.147. The number of fused-ring (bicyclic) bond motifs is 3.